The van der Waals surface area contributed by atoms with Crippen LogP contribution in [0.4, 0.5) is 0 Å². The molecule has 0 saturated carbocycles. The van der Waals surface area contributed by atoms with Gasteiger partial charge in [-0.15, -0.1) is 0 Å². The number of para-hydroxylation sites is 1. The van der Waals surface area contributed by atoms with Gasteiger partial charge in [-0.3, -0.25) is 0 Å². The van der Waals surface area contributed by atoms with Crippen LogP contribution in [0.3, 0.4) is 0 Å². The van der Waals surface area contributed by atoms with E-state index in [0.717, 1.165) is 18.8 Å². The lowest BCUT2D eigenvalue weighted by Crippen LogP contribution is -2.20. The van der Waals surface area contributed by atoms with Crippen LogP contribution in [0.15, 0.2) is 30.3 Å². The smallest absolute Gasteiger partial charge is 0.125 e. The van der Waals surface area contributed by atoms with Crippen molar-refractivity contribution in [3.8, 4) is 5.75 Å². The Morgan fingerprint density at radius 2 is 2.08 bits per heavy atom. The van der Waals surface area contributed by atoms with Crippen LogP contribution in [-0.2, 0) is 4.74 Å². The molecule has 1 heterocycles. The second-order valence-corrected chi connectivity index (χ2v) is 3.43. The molecule has 13 heavy (non-hydrogen) atoms. The van der Waals surface area contributed by atoms with Crippen molar-refractivity contribution in [3.63, 3.8) is 0 Å². The van der Waals surface area contributed by atoms with Gasteiger partial charge in [0.05, 0.1) is 6.61 Å². The summed E-state index contributed by atoms with van der Waals surface area (Å²) in [7, 11) is 0. The van der Waals surface area contributed by atoms with Crippen LogP contribution in [0.2, 0.25) is 0 Å². The highest BCUT2D eigenvalue weighted by atomic mass is 16.6. The molecule has 0 N–H and O–H groups in total. The Morgan fingerprint density at radius 3 is 2.62 bits per heavy atom. The fourth-order valence-corrected chi connectivity index (χ4v) is 1.22. The largest absolute Gasteiger partial charge is 0.490 e. The Kier molecular flexibility index (Phi) is 2.23. The van der Waals surface area contributed by atoms with E-state index >= 15 is 0 Å². The minimum absolute atomic E-state index is 0.0237. The van der Waals surface area contributed by atoms with Crippen LogP contribution >= 0.6 is 0 Å². The van der Waals surface area contributed by atoms with E-state index < -0.39 is 0 Å². The third-order valence-electron chi connectivity index (χ3n) is 2.44. The Balaban J connectivity index is 1.86. The Morgan fingerprint density at radius 1 is 1.38 bits per heavy atom. The molecule has 1 aliphatic heterocycles. The third kappa shape index (κ3) is 2.01. The zero-order valence-electron chi connectivity index (χ0n) is 7.82. The molecule has 2 heteroatoms. The topological polar surface area (TPSA) is 21.8 Å². The normalized spacial score (nSPS) is 25.6. The van der Waals surface area contributed by atoms with E-state index in [1.54, 1.807) is 0 Å². The highest BCUT2D eigenvalue weighted by molar-refractivity contribution is 5.21. The molecular weight excluding hydrogens is 164 g/mol. The Bertz CT molecular complexity index is 265. The van der Waals surface area contributed by atoms with Crippen molar-refractivity contribution in [2.75, 3.05) is 13.2 Å². The maximum absolute atomic E-state index is 5.60. The molecule has 1 atom stereocenters. The molecule has 0 bridgehead atoms. The van der Waals surface area contributed by atoms with Crippen LogP contribution in [0, 0.1) is 0 Å². The van der Waals surface area contributed by atoms with Crippen molar-refractivity contribution in [2.24, 2.45) is 0 Å². The van der Waals surface area contributed by atoms with Gasteiger partial charge in [-0.2, -0.15) is 0 Å². The number of rotatable bonds is 4. The zero-order chi connectivity index (χ0) is 9.15. The first-order valence-corrected chi connectivity index (χ1v) is 4.66. The minimum Gasteiger partial charge on any atom is -0.490 e. The van der Waals surface area contributed by atoms with Crippen LogP contribution < -0.4 is 4.74 Å². The molecule has 0 amide bonds. The number of benzene rings is 1. The van der Waals surface area contributed by atoms with E-state index in [1.807, 2.05) is 30.3 Å². The summed E-state index contributed by atoms with van der Waals surface area (Å²) in [5, 5.41) is 0. The zero-order valence-corrected chi connectivity index (χ0v) is 7.82. The van der Waals surface area contributed by atoms with E-state index in [1.165, 1.54) is 0 Å². The van der Waals surface area contributed by atoms with Gasteiger partial charge in [0.15, 0.2) is 0 Å². The first-order chi connectivity index (χ1) is 6.35. The van der Waals surface area contributed by atoms with Crippen molar-refractivity contribution in [3.05, 3.63) is 30.3 Å². The number of hydrogen-bond donors (Lipinski definition) is 0. The van der Waals surface area contributed by atoms with Crippen molar-refractivity contribution < 1.29 is 9.47 Å². The predicted molar refractivity (Wildman–Crippen MR) is 50.9 cm³/mol. The second-order valence-electron chi connectivity index (χ2n) is 3.43. The van der Waals surface area contributed by atoms with E-state index in [0.29, 0.717) is 6.61 Å². The molecular formula is C11H14O2. The summed E-state index contributed by atoms with van der Waals surface area (Å²) in [4.78, 5) is 0. The van der Waals surface area contributed by atoms with E-state index in [9.17, 15) is 0 Å². The van der Waals surface area contributed by atoms with E-state index in [2.05, 4.69) is 6.92 Å². The van der Waals surface area contributed by atoms with Crippen LogP contribution in [0.25, 0.3) is 0 Å². The van der Waals surface area contributed by atoms with Gasteiger partial charge < -0.3 is 9.47 Å². The lowest BCUT2D eigenvalue weighted by atomic mass is 10.1. The highest BCUT2D eigenvalue weighted by Crippen LogP contribution is 2.31. The van der Waals surface area contributed by atoms with Crippen LogP contribution in [0.5, 0.6) is 5.75 Å². The van der Waals surface area contributed by atoms with Gasteiger partial charge >= 0.3 is 0 Å². The van der Waals surface area contributed by atoms with Gasteiger partial charge in [0, 0.05) is 0 Å². The second kappa shape index (κ2) is 3.38. The molecule has 2 rings (SSSR count). The van der Waals surface area contributed by atoms with Crippen molar-refractivity contribution in [1.82, 2.24) is 0 Å². The summed E-state index contributed by atoms with van der Waals surface area (Å²) in [6, 6.07) is 9.86. The molecule has 2 nitrogen and oxygen atoms in total. The van der Waals surface area contributed by atoms with Crippen molar-refractivity contribution >= 4 is 0 Å². The maximum Gasteiger partial charge on any atom is 0.125 e. The first-order valence-electron chi connectivity index (χ1n) is 4.66. The monoisotopic (exact) mass is 178 g/mol. The molecule has 0 aliphatic carbocycles. The fourth-order valence-electron chi connectivity index (χ4n) is 1.22. The molecule has 0 radical (unpaired) electrons. The first kappa shape index (κ1) is 8.57. The van der Waals surface area contributed by atoms with E-state index in [4.69, 9.17) is 9.47 Å². The number of epoxide rings is 1. The maximum atomic E-state index is 5.60. The summed E-state index contributed by atoms with van der Waals surface area (Å²) >= 11 is 0. The van der Waals surface area contributed by atoms with Gasteiger partial charge in [-0.25, -0.2) is 0 Å². The van der Waals surface area contributed by atoms with Crippen LogP contribution in [-0.4, -0.2) is 18.8 Å². The van der Waals surface area contributed by atoms with Gasteiger partial charge in [0.25, 0.3) is 0 Å². The van der Waals surface area contributed by atoms with E-state index in [-0.39, 0.29) is 5.60 Å². The molecule has 1 fully saturated rings. The summed E-state index contributed by atoms with van der Waals surface area (Å²) in [6.07, 6.45) is 1.03. The van der Waals surface area contributed by atoms with Gasteiger partial charge in [0.1, 0.15) is 18.0 Å². The minimum atomic E-state index is 0.0237. The van der Waals surface area contributed by atoms with Crippen molar-refractivity contribution in [2.45, 2.75) is 18.9 Å². The van der Waals surface area contributed by atoms with Gasteiger partial charge in [-0.1, -0.05) is 25.1 Å². The molecule has 0 spiro atoms. The average molecular weight is 178 g/mol. The predicted octanol–water partition coefficient (Wildman–Crippen LogP) is 2.24. The average Bonchev–Trinajstić information content (AvgIpc) is 2.97. The van der Waals surface area contributed by atoms with Gasteiger partial charge in [-0.05, 0) is 18.6 Å². The molecule has 70 valence electrons. The van der Waals surface area contributed by atoms with Crippen molar-refractivity contribution in [1.29, 1.82) is 0 Å². The fraction of sp³-hybridized carbons (Fsp3) is 0.455. The quantitative estimate of drug-likeness (QED) is 0.659. The summed E-state index contributed by atoms with van der Waals surface area (Å²) in [5.74, 6) is 0.922. The molecule has 1 aromatic carbocycles. The van der Waals surface area contributed by atoms with Gasteiger partial charge in [0.2, 0.25) is 0 Å². The Hall–Kier alpha value is -1.02. The molecule has 1 aromatic rings. The molecule has 0 aromatic heterocycles. The standard InChI is InChI=1S/C11H14O2/c1-2-11(9-13-11)8-12-10-6-4-3-5-7-10/h3-7H,2,8-9H2,1H3. The SMILES string of the molecule is CCC1(COc2ccccc2)CO1. The van der Waals surface area contributed by atoms with Crippen LogP contribution in [0.1, 0.15) is 13.3 Å². The summed E-state index contributed by atoms with van der Waals surface area (Å²) in [6.45, 7) is 3.64. The summed E-state index contributed by atoms with van der Waals surface area (Å²) < 4.78 is 10.9. The number of hydrogen-bond acceptors (Lipinski definition) is 2. The lowest BCUT2D eigenvalue weighted by molar-refractivity contribution is 0.185. The molecule has 1 aliphatic rings. The number of ether oxygens (including phenoxy) is 2. The molecule has 1 unspecified atom stereocenters. The highest BCUT2D eigenvalue weighted by Gasteiger charge is 2.43. The summed E-state index contributed by atoms with van der Waals surface area (Å²) in [5.41, 5.74) is 0.0237. The lowest BCUT2D eigenvalue weighted by Gasteiger charge is -2.10. The third-order valence-corrected chi connectivity index (χ3v) is 2.44. The Labute approximate surface area is 78.5 Å². The molecule has 1 saturated heterocycles.